The van der Waals surface area contributed by atoms with Crippen LogP contribution in [0.15, 0.2) is 41.1 Å². The van der Waals surface area contributed by atoms with Crippen LogP contribution >= 0.6 is 0 Å². The van der Waals surface area contributed by atoms with Crippen molar-refractivity contribution in [2.45, 2.75) is 6.18 Å². The number of nitrogen functional groups attached to an aromatic ring is 1. The zero-order valence-electron chi connectivity index (χ0n) is 11.4. The fourth-order valence-corrected chi connectivity index (χ4v) is 1.98. The van der Waals surface area contributed by atoms with Gasteiger partial charge in [0.25, 0.3) is 0 Å². The molecule has 3 aromatic rings. The molecule has 3 aromatic heterocycles. The molecule has 0 radical (unpaired) electrons. The Kier molecular flexibility index (Phi) is 3.29. The maximum Gasteiger partial charge on any atom is 0.417 e. The molecule has 6 nitrogen and oxygen atoms in total. The van der Waals surface area contributed by atoms with Crippen LogP contribution in [0.25, 0.3) is 17.3 Å². The predicted octanol–water partition coefficient (Wildman–Crippen LogP) is 3.00. The van der Waals surface area contributed by atoms with Gasteiger partial charge in [-0.2, -0.15) is 28.2 Å². The van der Waals surface area contributed by atoms with Crippen LogP contribution in [0.1, 0.15) is 11.1 Å². The van der Waals surface area contributed by atoms with Gasteiger partial charge < -0.3 is 10.2 Å². The Bertz CT molecular complexity index is 873. The van der Waals surface area contributed by atoms with Crippen molar-refractivity contribution >= 4 is 5.82 Å². The molecule has 3 rings (SSSR count). The van der Waals surface area contributed by atoms with Crippen LogP contribution in [0.4, 0.5) is 19.0 Å². The van der Waals surface area contributed by atoms with E-state index in [0.717, 1.165) is 16.8 Å². The predicted molar refractivity (Wildman–Crippen MR) is 73.2 cm³/mol. The third-order valence-corrected chi connectivity index (χ3v) is 3.08. The molecule has 0 aromatic carbocycles. The third kappa shape index (κ3) is 2.50. The second-order valence-electron chi connectivity index (χ2n) is 4.51. The summed E-state index contributed by atoms with van der Waals surface area (Å²) in [6, 6.07) is 7.09. The molecule has 0 aliphatic heterocycles. The van der Waals surface area contributed by atoms with Crippen molar-refractivity contribution in [3.05, 3.63) is 47.9 Å². The molecule has 0 aliphatic carbocycles. The normalized spacial score (nSPS) is 11.4. The van der Waals surface area contributed by atoms with Gasteiger partial charge in [0, 0.05) is 6.20 Å². The molecule has 0 spiro atoms. The number of rotatable bonds is 2. The third-order valence-electron chi connectivity index (χ3n) is 3.08. The van der Waals surface area contributed by atoms with E-state index in [4.69, 9.17) is 10.2 Å². The summed E-state index contributed by atoms with van der Waals surface area (Å²) < 4.78 is 44.0. The lowest BCUT2D eigenvalue weighted by Crippen LogP contribution is -2.08. The Labute approximate surface area is 127 Å². The summed E-state index contributed by atoms with van der Waals surface area (Å²) in [6.45, 7) is 0. The minimum absolute atomic E-state index is 0.0360. The average molecular weight is 319 g/mol. The van der Waals surface area contributed by atoms with Gasteiger partial charge in [0.2, 0.25) is 0 Å². The van der Waals surface area contributed by atoms with Gasteiger partial charge in [-0.3, -0.25) is 0 Å². The highest BCUT2D eigenvalue weighted by Crippen LogP contribution is 2.31. The maximum absolute atomic E-state index is 12.6. The van der Waals surface area contributed by atoms with Crippen LogP contribution in [0.5, 0.6) is 0 Å². The molecule has 3 heterocycles. The molecule has 0 amide bonds. The van der Waals surface area contributed by atoms with Gasteiger partial charge >= 0.3 is 6.18 Å². The lowest BCUT2D eigenvalue weighted by atomic mass is 10.2. The van der Waals surface area contributed by atoms with Gasteiger partial charge in [-0.1, -0.05) is 0 Å². The van der Waals surface area contributed by atoms with Crippen LogP contribution in [0.2, 0.25) is 0 Å². The fraction of sp³-hybridized carbons (Fsp3) is 0.0714. The van der Waals surface area contributed by atoms with Crippen molar-refractivity contribution in [1.29, 1.82) is 5.26 Å². The number of aromatic nitrogens is 3. The molecule has 0 aliphatic rings. The van der Waals surface area contributed by atoms with E-state index >= 15 is 0 Å². The first-order valence-electron chi connectivity index (χ1n) is 6.28. The SMILES string of the molecule is N#Cc1c(-c2ccco2)nn(-c2ccc(C(F)(F)F)cn2)c1N. The smallest absolute Gasteiger partial charge is 0.417 e. The molecular formula is C14H8F3N5O. The Morgan fingerprint density at radius 1 is 1.26 bits per heavy atom. The minimum atomic E-state index is -4.49. The van der Waals surface area contributed by atoms with Gasteiger partial charge in [-0.15, -0.1) is 0 Å². The number of hydrogen-bond donors (Lipinski definition) is 1. The fourth-order valence-electron chi connectivity index (χ4n) is 1.98. The highest BCUT2D eigenvalue weighted by Gasteiger charge is 2.31. The monoisotopic (exact) mass is 319 g/mol. The van der Waals surface area contributed by atoms with E-state index in [1.54, 1.807) is 12.1 Å². The summed E-state index contributed by atoms with van der Waals surface area (Å²) in [5, 5.41) is 13.3. The number of pyridine rings is 1. The number of halogens is 3. The Hall–Kier alpha value is -3.28. The summed E-state index contributed by atoms with van der Waals surface area (Å²) in [7, 11) is 0. The van der Waals surface area contributed by atoms with Crippen molar-refractivity contribution in [3.63, 3.8) is 0 Å². The van der Waals surface area contributed by atoms with E-state index in [-0.39, 0.29) is 22.9 Å². The van der Waals surface area contributed by atoms with Crippen molar-refractivity contribution in [1.82, 2.24) is 14.8 Å². The average Bonchev–Trinajstić information content (AvgIpc) is 3.14. The number of anilines is 1. The molecule has 0 fully saturated rings. The van der Waals surface area contributed by atoms with Crippen molar-refractivity contribution in [2.24, 2.45) is 0 Å². The molecule has 2 N–H and O–H groups in total. The molecule has 0 saturated heterocycles. The Morgan fingerprint density at radius 3 is 2.57 bits per heavy atom. The van der Waals surface area contributed by atoms with E-state index in [0.29, 0.717) is 12.0 Å². The van der Waals surface area contributed by atoms with Crippen LogP contribution in [0.3, 0.4) is 0 Å². The molecular weight excluding hydrogens is 311 g/mol. The van der Waals surface area contributed by atoms with Crippen LogP contribution in [-0.4, -0.2) is 14.8 Å². The number of furan rings is 1. The summed E-state index contributed by atoms with van der Waals surface area (Å²) in [5.41, 5.74) is 5.21. The first-order valence-corrected chi connectivity index (χ1v) is 6.28. The summed E-state index contributed by atoms with van der Waals surface area (Å²) in [5.74, 6) is 0.342. The summed E-state index contributed by atoms with van der Waals surface area (Å²) in [6.07, 6.45) is -2.41. The van der Waals surface area contributed by atoms with Crippen molar-refractivity contribution in [2.75, 3.05) is 5.73 Å². The van der Waals surface area contributed by atoms with Crippen LogP contribution in [0, 0.1) is 11.3 Å². The van der Waals surface area contributed by atoms with E-state index in [1.165, 1.54) is 6.26 Å². The molecule has 0 saturated carbocycles. The molecule has 116 valence electrons. The minimum Gasteiger partial charge on any atom is -0.463 e. The molecule has 0 atom stereocenters. The molecule has 23 heavy (non-hydrogen) atoms. The largest absolute Gasteiger partial charge is 0.463 e. The standard InChI is InChI=1S/C14H8F3N5O/c15-14(16,17)8-3-4-11(20-7-8)22-13(19)9(6-18)12(21-22)10-2-1-5-23-10/h1-5,7H,19H2. The van der Waals surface area contributed by atoms with Crippen molar-refractivity contribution in [3.8, 4) is 23.3 Å². The van der Waals surface area contributed by atoms with Gasteiger partial charge in [0.1, 0.15) is 23.1 Å². The Balaban J connectivity index is 2.09. The number of alkyl halides is 3. The number of nitriles is 1. The Morgan fingerprint density at radius 2 is 2.04 bits per heavy atom. The zero-order valence-corrected chi connectivity index (χ0v) is 11.4. The highest BCUT2D eigenvalue weighted by molar-refractivity contribution is 5.70. The quantitative estimate of drug-likeness (QED) is 0.783. The van der Waals surface area contributed by atoms with E-state index in [1.807, 2.05) is 6.07 Å². The number of hydrogen-bond acceptors (Lipinski definition) is 5. The van der Waals surface area contributed by atoms with Gasteiger partial charge in [-0.25, -0.2) is 4.98 Å². The first kappa shape index (κ1) is 14.6. The maximum atomic E-state index is 12.6. The number of nitrogens with two attached hydrogens (primary N) is 1. The van der Waals surface area contributed by atoms with Gasteiger partial charge in [0.05, 0.1) is 11.8 Å². The molecule has 0 bridgehead atoms. The number of nitrogens with zero attached hydrogens (tertiary/aromatic N) is 4. The molecule has 0 unspecified atom stereocenters. The van der Waals surface area contributed by atoms with Gasteiger partial charge in [0.15, 0.2) is 11.6 Å². The van der Waals surface area contributed by atoms with Gasteiger partial charge in [-0.05, 0) is 24.3 Å². The second-order valence-corrected chi connectivity index (χ2v) is 4.51. The topological polar surface area (TPSA) is 93.7 Å². The lowest BCUT2D eigenvalue weighted by molar-refractivity contribution is -0.137. The first-order chi connectivity index (χ1) is 10.9. The zero-order chi connectivity index (χ0) is 16.6. The van der Waals surface area contributed by atoms with E-state index in [2.05, 4.69) is 10.1 Å². The molecule has 9 heteroatoms. The van der Waals surface area contributed by atoms with Crippen LogP contribution in [-0.2, 0) is 6.18 Å². The lowest BCUT2D eigenvalue weighted by Gasteiger charge is -2.07. The van der Waals surface area contributed by atoms with Crippen LogP contribution < -0.4 is 5.73 Å². The van der Waals surface area contributed by atoms with Crippen molar-refractivity contribution < 1.29 is 17.6 Å². The van der Waals surface area contributed by atoms with E-state index < -0.39 is 11.7 Å². The second kappa shape index (κ2) is 5.17. The summed E-state index contributed by atoms with van der Waals surface area (Å²) >= 11 is 0. The van der Waals surface area contributed by atoms with E-state index in [9.17, 15) is 18.4 Å². The summed E-state index contributed by atoms with van der Waals surface area (Å²) in [4.78, 5) is 3.71. The highest BCUT2D eigenvalue weighted by atomic mass is 19.4.